The standard InChI is InChI=1S/C14H13N5OS/c1-8-9(2)21-14(16-8)17-13(20)12-6-11(18-19-12)10-4-3-5-15-7-10/h3-7H,1-2H3,(H,18,19)(H,16,17,20). The minimum Gasteiger partial charge on any atom is -0.296 e. The summed E-state index contributed by atoms with van der Waals surface area (Å²) >= 11 is 1.45. The van der Waals surface area contributed by atoms with E-state index in [9.17, 15) is 4.79 Å². The first-order valence-corrected chi connectivity index (χ1v) is 7.16. The van der Waals surface area contributed by atoms with Crippen LogP contribution in [-0.2, 0) is 0 Å². The summed E-state index contributed by atoms with van der Waals surface area (Å²) in [6.07, 6.45) is 3.39. The van der Waals surface area contributed by atoms with Gasteiger partial charge in [0.1, 0.15) is 5.69 Å². The molecule has 1 amide bonds. The van der Waals surface area contributed by atoms with Gasteiger partial charge in [-0.3, -0.25) is 20.2 Å². The van der Waals surface area contributed by atoms with Gasteiger partial charge >= 0.3 is 0 Å². The molecule has 21 heavy (non-hydrogen) atoms. The van der Waals surface area contributed by atoms with Crippen LogP contribution in [0, 0.1) is 13.8 Å². The zero-order chi connectivity index (χ0) is 14.8. The summed E-state index contributed by atoms with van der Waals surface area (Å²) in [5.74, 6) is -0.258. The van der Waals surface area contributed by atoms with Crippen LogP contribution in [0.1, 0.15) is 21.1 Å². The number of carbonyl (C=O) groups excluding carboxylic acids is 1. The number of aryl methyl sites for hydroxylation is 2. The molecule has 2 N–H and O–H groups in total. The number of hydrogen-bond donors (Lipinski definition) is 2. The zero-order valence-corrected chi connectivity index (χ0v) is 12.4. The summed E-state index contributed by atoms with van der Waals surface area (Å²) in [6.45, 7) is 3.89. The van der Waals surface area contributed by atoms with Gasteiger partial charge in [0.25, 0.3) is 5.91 Å². The molecule has 0 radical (unpaired) electrons. The van der Waals surface area contributed by atoms with Crippen LogP contribution in [0.15, 0.2) is 30.6 Å². The number of nitrogens with zero attached hydrogens (tertiary/aromatic N) is 3. The maximum absolute atomic E-state index is 12.1. The van der Waals surface area contributed by atoms with Gasteiger partial charge in [-0.1, -0.05) is 0 Å². The van der Waals surface area contributed by atoms with Crippen LogP contribution >= 0.6 is 11.3 Å². The van der Waals surface area contributed by atoms with E-state index in [1.807, 2.05) is 26.0 Å². The monoisotopic (exact) mass is 299 g/mol. The third-order valence-corrected chi connectivity index (χ3v) is 4.02. The number of amides is 1. The van der Waals surface area contributed by atoms with Crippen LogP contribution < -0.4 is 5.32 Å². The second-order valence-corrected chi connectivity index (χ2v) is 5.73. The van der Waals surface area contributed by atoms with E-state index in [1.54, 1.807) is 18.5 Å². The summed E-state index contributed by atoms with van der Waals surface area (Å²) < 4.78 is 0. The molecule has 3 aromatic rings. The highest BCUT2D eigenvalue weighted by Gasteiger charge is 2.13. The first-order valence-electron chi connectivity index (χ1n) is 6.34. The van der Waals surface area contributed by atoms with Crippen molar-refractivity contribution in [3.05, 3.63) is 46.9 Å². The highest BCUT2D eigenvalue weighted by Crippen LogP contribution is 2.22. The van der Waals surface area contributed by atoms with Crippen molar-refractivity contribution in [2.24, 2.45) is 0 Å². The highest BCUT2D eigenvalue weighted by molar-refractivity contribution is 7.15. The Bertz CT molecular complexity index is 758. The fourth-order valence-electron chi connectivity index (χ4n) is 1.79. The van der Waals surface area contributed by atoms with Gasteiger partial charge in [-0.15, -0.1) is 11.3 Å². The SMILES string of the molecule is Cc1nc(NC(=O)c2cc(-c3cccnc3)n[nH]2)sc1C. The van der Waals surface area contributed by atoms with Crippen LogP contribution in [0.3, 0.4) is 0 Å². The second-order valence-electron chi connectivity index (χ2n) is 4.52. The molecule has 6 nitrogen and oxygen atoms in total. The maximum Gasteiger partial charge on any atom is 0.275 e. The first-order chi connectivity index (χ1) is 10.1. The molecule has 3 rings (SSSR count). The van der Waals surface area contributed by atoms with Crippen LogP contribution in [0.2, 0.25) is 0 Å². The summed E-state index contributed by atoms with van der Waals surface area (Å²) in [5.41, 5.74) is 2.85. The van der Waals surface area contributed by atoms with Gasteiger partial charge < -0.3 is 0 Å². The normalized spacial score (nSPS) is 10.6. The van der Waals surface area contributed by atoms with Crippen molar-refractivity contribution in [3.8, 4) is 11.3 Å². The number of nitrogens with one attached hydrogen (secondary N) is 2. The number of aromatic amines is 1. The Kier molecular flexibility index (Phi) is 3.49. The lowest BCUT2D eigenvalue weighted by Crippen LogP contribution is -2.12. The third-order valence-electron chi connectivity index (χ3n) is 3.03. The molecular formula is C14H13N5OS. The van der Waals surface area contributed by atoms with Crippen molar-refractivity contribution in [1.29, 1.82) is 0 Å². The maximum atomic E-state index is 12.1. The lowest BCUT2D eigenvalue weighted by atomic mass is 10.2. The largest absolute Gasteiger partial charge is 0.296 e. The Balaban J connectivity index is 1.78. The number of anilines is 1. The van der Waals surface area contributed by atoms with Gasteiger partial charge in [0, 0.05) is 22.8 Å². The van der Waals surface area contributed by atoms with E-state index in [0.29, 0.717) is 16.5 Å². The fraction of sp³-hybridized carbons (Fsp3) is 0.143. The number of carbonyl (C=O) groups is 1. The molecule has 3 heterocycles. The molecule has 0 spiro atoms. The molecule has 0 aromatic carbocycles. The van der Waals surface area contributed by atoms with E-state index in [-0.39, 0.29) is 5.91 Å². The molecule has 7 heteroatoms. The Hall–Kier alpha value is -2.54. The summed E-state index contributed by atoms with van der Waals surface area (Å²) in [5, 5.41) is 10.2. The highest BCUT2D eigenvalue weighted by atomic mass is 32.1. The number of aromatic nitrogens is 4. The van der Waals surface area contributed by atoms with Crippen LogP contribution in [0.5, 0.6) is 0 Å². The lowest BCUT2D eigenvalue weighted by Gasteiger charge is -1.97. The molecular weight excluding hydrogens is 286 g/mol. The van der Waals surface area contributed by atoms with E-state index in [0.717, 1.165) is 16.1 Å². The summed E-state index contributed by atoms with van der Waals surface area (Å²) in [4.78, 5) is 21.6. The van der Waals surface area contributed by atoms with E-state index in [4.69, 9.17) is 0 Å². The molecule has 0 saturated carbocycles. The topological polar surface area (TPSA) is 83.6 Å². The number of H-pyrrole nitrogens is 1. The van der Waals surface area contributed by atoms with Crippen molar-refractivity contribution in [1.82, 2.24) is 20.2 Å². The number of pyridine rings is 1. The zero-order valence-electron chi connectivity index (χ0n) is 11.5. The molecule has 3 aromatic heterocycles. The van der Waals surface area contributed by atoms with Gasteiger partial charge in [-0.2, -0.15) is 5.10 Å². The minimum absolute atomic E-state index is 0.258. The molecule has 0 aliphatic heterocycles. The average Bonchev–Trinajstić information content (AvgIpc) is 3.08. The second kappa shape index (κ2) is 5.45. The fourth-order valence-corrected chi connectivity index (χ4v) is 2.60. The quantitative estimate of drug-likeness (QED) is 0.779. The molecule has 0 atom stereocenters. The van der Waals surface area contributed by atoms with E-state index >= 15 is 0 Å². The Morgan fingerprint density at radius 2 is 2.24 bits per heavy atom. The predicted octanol–water partition coefficient (Wildman–Crippen LogP) is 2.80. The van der Waals surface area contributed by atoms with Crippen LogP contribution in [0.4, 0.5) is 5.13 Å². The van der Waals surface area contributed by atoms with E-state index < -0.39 is 0 Å². The van der Waals surface area contributed by atoms with Gasteiger partial charge in [-0.05, 0) is 32.0 Å². The molecule has 0 aliphatic rings. The van der Waals surface area contributed by atoms with Gasteiger partial charge in [-0.25, -0.2) is 4.98 Å². The van der Waals surface area contributed by atoms with E-state index in [1.165, 1.54) is 11.3 Å². The molecule has 0 aliphatic carbocycles. The van der Waals surface area contributed by atoms with Crippen molar-refractivity contribution in [3.63, 3.8) is 0 Å². The van der Waals surface area contributed by atoms with Crippen LogP contribution in [-0.4, -0.2) is 26.1 Å². The number of rotatable bonds is 3. The third kappa shape index (κ3) is 2.82. The molecule has 0 fully saturated rings. The van der Waals surface area contributed by atoms with Gasteiger partial charge in [0.2, 0.25) is 0 Å². The summed E-state index contributed by atoms with van der Waals surface area (Å²) in [7, 11) is 0. The molecule has 0 saturated heterocycles. The van der Waals surface area contributed by atoms with Gasteiger partial charge in [0.05, 0.1) is 11.4 Å². The molecule has 0 bridgehead atoms. The Morgan fingerprint density at radius 1 is 1.38 bits per heavy atom. The van der Waals surface area contributed by atoms with Crippen molar-refractivity contribution < 1.29 is 4.79 Å². The number of hydrogen-bond acceptors (Lipinski definition) is 5. The smallest absolute Gasteiger partial charge is 0.275 e. The van der Waals surface area contributed by atoms with Crippen molar-refractivity contribution >= 4 is 22.4 Å². The molecule has 0 unspecified atom stereocenters. The number of thiazole rings is 1. The van der Waals surface area contributed by atoms with E-state index in [2.05, 4.69) is 25.5 Å². The van der Waals surface area contributed by atoms with Crippen molar-refractivity contribution in [2.75, 3.05) is 5.32 Å². The minimum atomic E-state index is -0.258. The summed E-state index contributed by atoms with van der Waals surface area (Å²) in [6, 6.07) is 5.41. The van der Waals surface area contributed by atoms with Crippen molar-refractivity contribution in [2.45, 2.75) is 13.8 Å². The van der Waals surface area contributed by atoms with Gasteiger partial charge in [0.15, 0.2) is 5.13 Å². The first kappa shape index (κ1) is 13.4. The van der Waals surface area contributed by atoms with Crippen LogP contribution in [0.25, 0.3) is 11.3 Å². The Labute approximate surface area is 125 Å². The average molecular weight is 299 g/mol. The Morgan fingerprint density at radius 3 is 2.90 bits per heavy atom. The lowest BCUT2D eigenvalue weighted by molar-refractivity contribution is 0.102. The predicted molar refractivity (Wildman–Crippen MR) is 81.4 cm³/mol. The molecule has 106 valence electrons.